The van der Waals surface area contributed by atoms with E-state index in [0.29, 0.717) is 39.0 Å². The molecule has 5 aromatic rings. The Morgan fingerprint density at radius 3 is 2.33 bits per heavy atom. The smallest absolute Gasteiger partial charge is 0.335 e. The number of halogens is 2. The van der Waals surface area contributed by atoms with Gasteiger partial charge >= 0.3 is 11.7 Å². The van der Waals surface area contributed by atoms with Crippen LogP contribution in [0.25, 0.3) is 27.6 Å². The maximum atomic E-state index is 15.1. The van der Waals surface area contributed by atoms with Gasteiger partial charge in [-0.1, -0.05) is 30.3 Å². The van der Waals surface area contributed by atoms with E-state index in [2.05, 4.69) is 15.5 Å². The van der Waals surface area contributed by atoms with Gasteiger partial charge in [-0.2, -0.15) is 5.10 Å². The summed E-state index contributed by atoms with van der Waals surface area (Å²) in [6.07, 6.45) is 1.11. The molecule has 0 spiro atoms. The second-order valence-corrected chi connectivity index (χ2v) is 9.86. The quantitative estimate of drug-likeness (QED) is 0.273. The van der Waals surface area contributed by atoms with Crippen molar-refractivity contribution in [2.45, 2.75) is 26.3 Å². The molecular weight excluding hydrogens is 548 g/mol. The zero-order valence-electron chi connectivity index (χ0n) is 22.7. The van der Waals surface area contributed by atoms with Crippen molar-refractivity contribution in [2.75, 3.05) is 0 Å². The minimum atomic E-state index is -1.56. The number of nitrogens with zero attached hydrogens (tertiary/aromatic N) is 3. The molecule has 5 rings (SSSR count). The minimum absolute atomic E-state index is 0.180. The average Bonchev–Trinajstić information content (AvgIpc) is 3.28. The lowest BCUT2D eigenvalue weighted by molar-refractivity contribution is -0.139. The monoisotopic (exact) mass is 573 g/mol. The number of hydrogen-bond acceptors (Lipinski definition) is 5. The summed E-state index contributed by atoms with van der Waals surface area (Å²) < 4.78 is 32.4. The number of aliphatic carboxylic acids is 1. The summed E-state index contributed by atoms with van der Waals surface area (Å²) in [5, 5.41) is 19.9. The first-order valence-corrected chi connectivity index (χ1v) is 12.8. The van der Waals surface area contributed by atoms with Crippen molar-refractivity contribution in [3.05, 3.63) is 116 Å². The van der Waals surface area contributed by atoms with Crippen LogP contribution in [0.15, 0.2) is 70.4 Å². The Morgan fingerprint density at radius 1 is 1.02 bits per heavy atom. The third-order valence-corrected chi connectivity index (χ3v) is 7.10. The van der Waals surface area contributed by atoms with Gasteiger partial charge in [0, 0.05) is 42.4 Å². The van der Waals surface area contributed by atoms with E-state index in [0.717, 1.165) is 16.7 Å². The van der Waals surface area contributed by atoms with Gasteiger partial charge in [0.1, 0.15) is 23.2 Å². The Kier molecular flexibility index (Phi) is 7.29. The molecule has 0 saturated heterocycles. The molecule has 0 bridgehead atoms. The maximum absolute atomic E-state index is 15.1. The van der Waals surface area contributed by atoms with E-state index in [9.17, 15) is 24.3 Å². The number of carbonyl (C=O) groups excluding carboxylic acids is 1. The van der Waals surface area contributed by atoms with Gasteiger partial charge < -0.3 is 15.0 Å². The molecule has 0 aliphatic carbocycles. The Hall–Kier alpha value is -5.39. The number of H-pyrrole nitrogens is 1. The molecule has 2 aromatic heterocycles. The summed E-state index contributed by atoms with van der Waals surface area (Å²) in [4.78, 5) is 50.5. The SMILES string of the molecule is Cc1n[nH]c(C)c1-c1cc(F)c(C(=O)N[C@@H](Cc2cccc3c(-n4c(=O)ccn(C)c4=O)cccc23)C(=O)O)c(F)c1. The van der Waals surface area contributed by atoms with Crippen LogP contribution in [0, 0.1) is 25.5 Å². The second kappa shape index (κ2) is 10.9. The number of amides is 1. The lowest BCUT2D eigenvalue weighted by Gasteiger charge is -2.18. The second-order valence-electron chi connectivity index (χ2n) is 9.86. The van der Waals surface area contributed by atoms with Crippen molar-refractivity contribution < 1.29 is 23.5 Å². The van der Waals surface area contributed by atoms with E-state index < -0.39 is 46.4 Å². The highest BCUT2D eigenvalue weighted by atomic mass is 19.1. The van der Waals surface area contributed by atoms with E-state index in [1.807, 2.05) is 0 Å². The van der Waals surface area contributed by atoms with Crippen molar-refractivity contribution in [3.63, 3.8) is 0 Å². The maximum Gasteiger partial charge on any atom is 0.335 e. The van der Waals surface area contributed by atoms with Gasteiger partial charge in [0.05, 0.1) is 11.4 Å². The van der Waals surface area contributed by atoms with E-state index in [1.54, 1.807) is 50.2 Å². The number of carboxylic acid groups (broad SMARTS) is 1. The van der Waals surface area contributed by atoms with Crippen LogP contribution < -0.4 is 16.6 Å². The van der Waals surface area contributed by atoms with E-state index in [4.69, 9.17) is 0 Å². The summed E-state index contributed by atoms with van der Waals surface area (Å²) in [6, 6.07) is 11.5. The molecular formula is C30H25F2N5O5. The largest absolute Gasteiger partial charge is 0.480 e. The van der Waals surface area contributed by atoms with Crippen LogP contribution in [-0.4, -0.2) is 42.4 Å². The van der Waals surface area contributed by atoms with Gasteiger partial charge in [0.15, 0.2) is 0 Å². The molecule has 0 aliphatic heterocycles. The molecule has 3 N–H and O–H groups in total. The number of carboxylic acids is 1. The Morgan fingerprint density at radius 2 is 1.69 bits per heavy atom. The van der Waals surface area contributed by atoms with Crippen LogP contribution in [0.4, 0.5) is 8.78 Å². The molecule has 3 aromatic carbocycles. The fourth-order valence-corrected chi connectivity index (χ4v) is 5.08. The van der Waals surface area contributed by atoms with Crippen LogP contribution in [0.3, 0.4) is 0 Å². The molecule has 10 nitrogen and oxygen atoms in total. The van der Waals surface area contributed by atoms with E-state index >= 15 is 8.78 Å². The molecule has 0 aliphatic rings. The van der Waals surface area contributed by atoms with E-state index in [-0.39, 0.29) is 12.0 Å². The first kappa shape index (κ1) is 28.1. The van der Waals surface area contributed by atoms with Gasteiger partial charge in [-0.05, 0) is 48.6 Å². The summed E-state index contributed by atoms with van der Waals surface area (Å²) >= 11 is 0. The molecule has 1 atom stereocenters. The number of aryl methyl sites for hydroxylation is 3. The number of fused-ring (bicyclic) bond motifs is 1. The number of benzene rings is 3. The summed E-state index contributed by atoms with van der Waals surface area (Å²) in [5.74, 6) is -4.97. The summed E-state index contributed by atoms with van der Waals surface area (Å²) in [6.45, 7) is 3.36. The zero-order chi connectivity index (χ0) is 30.3. The Balaban J connectivity index is 1.48. The number of aromatic amines is 1. The third-order valence-electron chi connectivity index (χ3n) is 7.10. The molecule has 214 valence electrons. The highest BCUT2D eigenvalue weighted by Crippen LogP contribution is 2.29. The Bertz CT molecular complexity index is 1970. The van der Waals surface area contributed by atoms with Crippen LogP contribution in [0.2, 0.25) is 0 Å². The summed E-state index contributed by atoms with van der Waals surface area (Å²) in [7, 11) is 1.51. The van der Waals surface area contributed by atoms with Crippen LogP contribution in [0.1, 0.15) is 27.3 Å². The molecule has 42 heavy (non-hydrogen) atoms. The highest BCUT2D eigenvalue weighted by molar-refractivity contribution is 5.98. The molecule has 2 heterocycles. The molecule has 0 saturated carbocycles. The predicted octanol–water partition coefficient (Wildman–Crippen LogP) is 3.40. The Labute approximate surface area is 236 Å². The van der Waals surface area contributed by atoms with Crippen LogP contribution >= 0.6 is 0 Å². The number of hydrogen-bond donors (Lipinski definition) is 3. The average molecular weight is 574 g/mol. The lowest BCUT2D eigenvalue weighted by atomic mass is 9.97. The summed E-state index contributed by atoms with van der Waals surface area (Å²) in [5.41, 5.74) is 0.518. The van der Waals surface area contributed by atoms with Crippen molar-refractivity contribution >= 4 is 22.6 Å². The van der Waals surface area contributed by atoms with Gasteiger partial charge in [-0.25, -0.2) is 22.9 Å². The first-order valence-electron chi connectivity index (χ1n) is 12.8. The fraction of sp³-hybridized carbons (Fsp3) is 0.167. The molecule has 0 unspecified atom stereocenters. The predicted molar refractivity (Wildman–Crippen MR) is 151 cm³/mol. The van der Waals surface area contributed by atoms with Gasteiger partial charge in [0.2, 0.25) is 0 Å². The van der Waals surface area contributed by atoms with Gasteiger partial charge in [0.25, 0.3) is 11.5 Å². The lowest BCUT2D eigenvalue weighted by Crippen LogP contribution is -2.43. The fourth-order valence-electron chi connectivity index (χ4n) is 5.08. The van der Waals surface area contributed by atoms with Crippen molar-refractivity contribution in [1.82, 2.24) is 24.6 Å². The van der Waals surface area contributed by atoms with Crippen molar-refractivity contribution in [2.24, 2.45) is 7.05 Å². The standard InChI is InChI=1S/C30H25F2N5O5/c1-15-26(16(2)35-34-15)18-12-21(31)27(22(32)13-18)28(39)33-23(29(40)41)14-17-6-4-8-20-19(17)7-5-9-24(20)37-25(38)10-11-36(3)30(37)42/h4-13,23H,14H2,1-3H3,(H,33,39)(H,34,35)(H,40,41)/t23-/m0/s1. The first-order chi connectivity index (χ1) is 20.0. The molecule has 12 heteroatoms. The minimum Gasteiger partial charge on any atom is -0.480 e. The van der Waals surface area contributed by atoms with Crippen molar-refractivity contribution in [3.8, 4) is 16.8 Å². The van der Waals surface area contributed by atoms with E-state index in [1.165, 1.54) is 23.9 Å². The van der Waals surface area contributed by atoms with Crippen LogP contribution in [0.5, 0.6) is 0 Å². The number of aromatic nitrogens is 4. The zero-order valence-corrected chi connectivity index (χ0v) is 22.7. The molecule has 0 fully saturated rings. The van der Waals surface area contributed by atoms with Gasteiger partial charge in [-0.15, -0.1) is 0 Å². The van der Waals surface area contributed by atoms with Crippen LogP contribution in [-0.2, 0) is 18.3 Å². The molecule has 1 amide bonds. The number of rotatable bonds is 7. The van der Waals surface area contributed by atoms with Gasteiger partial charge in [-0.3, -0.25) is 14.7 Å². The number of carbonyl (C=O) groups is 2. The highest BCUT2D eigenvalue weighted by Gasteiger charge is 2.27. The van der Waals surface area contributed by atoms with Crippen molar-refractivity contribution in [1.29, 1.82) is 0 Å². The molecule has 0 radical (unpaired) electrons. The number of nitrogens with one attached hydrogen (secondary N) is 2. The normalized spacial score (nSPS) is 11.9. The third kappa shape index (κ3) is 4.98. The topological polar surface area (TPSA) is 139 Å².